The van der Waals surface area contributed by atoms with Crippen LogP contribution in [0.5, 0.6) is 0 Å². The summed E-state index contributed by atoms with van der Waals surface area (Å²) in [5.74, 6) is 0.924. The van der Waals surface area contributed by atoms with E-state index in [9.17, 15) is 0 Å². The van der Waals surface area contributed by atoms with Gasteiger partial charge in [-0.15, -0.1) is 0 Å². The number of imidazole rings is 1. The summed E-state index contributed by atoms with van der Waals surface area (Å²) in [6.45, 7) is 0.779. The van der Waals surface area contributed by atoms with E-state index >= 15 is 0 Å². The van der Waals surface area contributed by atoms with Crippen LogP contribution in [0, 0.1) is 0 Å². The molecule has 0 fully saturated rings. The molecule has 0 aliphatic rings. The molecule has 1 heterocycles. The van der Waals surface area contributed by atoms with Gasteiger partial charge in [0.1, 0.15) is 5.82 Å². The number of rotatable bonds is 3. The van der Waals surface area contributed by atoms with E-state index in [0.29, 0.717) is 0 Å². The van der Waals surface area contributed by atoms with Crippen LogP contribution < -0.4 is 0 Å². The zero-order valence-corrected chi connectivity index (χ0v) is 13.0. The van der Waals surface area contributed by atoms with Crippen molar-refractivity contribution in [2.75, 3.05) is 0 Å². The Morgan fingerprint density at radius 1 is 1.10 bits per heavy atom. The third-order valence-electron chi connectivity index (χ3n) is 3.04. The largest absolute Gasteiger partial charge is 0.327 e. The van der Waals surface area contributed by atoms with Crippen molar-refractivity contribution in [1.29, 1.82) is 0 Å². The number of hydrogen-bond acceptors (Lipinski definition) is 1. The summed E-state index contributed by atoms with van der Waals surface area (Å²) in [6.07, 6.45) is 3.80. The first-order chi connectivity index (χ1) is 9.72. The van der Waals surface area contributed by atoms with Crippen molar-refractivity contribution in [2.24, 2.45) is 0 Å². The van der Waals surface area contributed by atoms with Crippen LogP contribution in [0.3, 0.4) is 0 Å². The summed E-state index contributed by atoms with van der Waals surface area (Å²) in [5.41, 5.74) is 2.25. The second kappa shape index (κ2) is 5.81. The molecule has 0 bridgehead atoms. The van der Waals surface area contributed by atoms with Crippen LogP contribution >= 0.6 is 27.5 Å². The molecule has 2 aromatic carbocycles. The van der Waals surface area contributed by atoms with Crippen LogP contribution in [0.4, 0.5) is 0 Å². The van der Waals surface area contributed by atoms with E-state index in [4.69, 9.17) is 11.6 Å². The molecular weight excluding hydrogens is 336 g/mol. The van der Waals surface area contributed by atoms with Crippen molar-refractivity contribution in [2.45, 2.75) is 6.54 Å². The van der Waals surface area contributed by atoms with Crippen molar-refractivity contribution in [1.82, 2.24) is 9.55 Å². The molecule has 3 aromatic rings. The molecule has 0 spiro atoms. The summed E-state index contributed by atoms with van der Waals surface area (Å²) in [4.78, 5) is 4.44. The number of nitrogens with zero attached hydrogens (tertiary/aromatic N) is 2. The van der Waals surface area contributed by atoms with E-state index in [1.807, 2.05) is 48.8 Å². The minimum absolute atomic E-state index is 0.722. The van der Waals surface area contributed by atoms with Gasteiger partial charge in [-0.25, -0.2) is 4.98 Å². The summed E-state index contributed by atoms with van der Waals surface area (Å²) in [5, 5.41) is 0.722. The summed E-state index contributed by atoms with van der Waals surface area (Å²) in [6, 6.07) is 16.0. The van der Waals surface area contributed by atoms with E-state index < -0.39 is 0 Å². The maximum absolute atomic E-state index is 6.05. The lowest BCUT2D eigenvalue weighted by Crippen LogP contribution is -2.01. The maximum Gasteiger partial charge on any atom is 0.140 e. The van der Waals surface area contributed by atoms with Crippen molar-refractivity contribution in [3.63, 3.8) is 0 Å². The molecule has 0 N–H and O–H groups in total. The van der Waals surface area contributed by atoms with Crippen LogP contribution in [-0.2, 0) is 6.54 Å². The van der Waals surface area contributed by atoms with E-state index in [1.165, 1.54) is 5.56 Å². The van der Waals surface area contributed by atoms with Gasteiger partial charge in [0.25, 0.3) is 0 Å². The number of benzene rings is 2. The topological polar surface area (TPSA) is 17.8 Å². The fraction of sp³-hybridized carbons (Fsp3) is 0.0625. The third kappa shape index (κ3) is 2.94. The predicted molar refractivity (Wildman–Crippen MR) is 85.9 cm³/mol. The molecule has 0 amide bonds. The normalized spacial score (nSPS) is 10.7. The highest BCUT2D eigenvalue weighted by Gasteiger charge is 2.07. The second-order valence-electron chi connectivity index (χ2n) is 4.52. The first-order valence-electron chi connectivity index (χ1n) is 6.24. The summed E-state index contributed by atoms with van der Waals surface area (Å²) in [7, 11) is 0. The van der Waals surface area contributed by atoms with Gasteiger partial charge in [-0.2, -0.15) is 0 Å². The fourth-order valence-corrected chi connectivity index (χ4v) is 2.79. The van der Waals surface area contributed by atoms with Crippen molar-refractivity contribution < 1.29 is 0 Å². The lowest BCUT2D eigenvalue weighted by molar-refractivity contribution is 0.806. The molecule has 0 aliphatic heterocycles. The predicted octanol–water partition coefficient (Wildman–Crippen LogP) is 5.01. The van der Waals surface area contributed by atoms with Gasteiger partial charge in [-0.05, 0) is 29.8 Å². The Labute approximate surface area is 131 Å². The Balaban J connectivity index is 1.94. The maximum atomic E-state index is 6.05. The van der Waals surface area contributed by atoms with Crippen molar-refractivity contribution in [3.8, 4) is 11.4 Å². The Bertz CT molecular complexity index is 737. The number of hydrogen-bond donors (Lipinski definition) is 0. The average Bonchev–Trinajstić information content (AvgIpc) is 2.87. The van der Waals surface area contributed by atoms with Gasteiger partial charge in [0.15, 0.2) is 0 Å². The van der Waals surface area contributed by atoms with Gasteiger partial charge in [-0.1, -0.05) is 51.8 Å². The third-order valence-corrected chi connectivity index (χ3v) is 3.77. The van der Waals surface area contributed by atoms with Gasteiger partial charge >= 0.3 is 0 Å². The highest BCUT2D eigenvalue weighted by Crippen LogP contribution is 2.22. The van der Waals surface area contributed by atoms with Gasteiger partial charge < -0.3 is 4.57 Å². The molecule has 0 atom stereocenters. The summed E-state index contributed by atoms with van der Waals surface area (Å²) < 4.78 is 3.20. The minimum atomic E-state index is 0.722. The minimum Gasteiger partial charge on any atom is -0.327 e. The molecule has 0 unspecified atom stereocenters. The molecule has 4 heteroatoms. The van der Waals surface area contributed by atoms with Gasteiger partial charge in [0.05, 0.1) is 0 Å². The average molecular weight is 348 g/mol. The van der Waals surface area contributed by atoms with E-state index in [2.05, 4.69) is 37.6 Å². The molecule has 0 aliphatic carbocycles. The smallest absolute Gasteiger partial charge is 0.140 e. The Morgan fingerprint density at radius 3 is 2.75 bits per heavy atom. The van der Waals surface area contributed by atoms with Crippen molar-refractivity contribution in [3.05, 3.63) is 76.0 Å². The quantitative estimate of drug-likeness (QED) is 0.651. The standard InChI is InChI=1S/C16H12BrClN2/c17-14-5-1-3-12(9-14)11-20-8-7-19-16(20)13-4-2-6-15(18)10-13/h1-10H,11H2. The zero-order chi connectivity index (χ0) is 13.9. The first kappa shape index (κ1) is 13.4. The van der Waals surface area contributed by atoms with Crippen LogP contribution in [-0.4, -0.2) is 9.55 Å². The summed E-state index contributed by atoms with van der Waals surface area (Å²) >= 11 is 9.55. The molecular formula is C16H12BrClN2. The van der Waals surface area contributed by atoms with Gasteiger partial charge in [0, 0.05) is 34.0 Å². The Morgan fingerprint density at radius 2 is 1.95 bits per heavy atom. The fourth-order valence-electron chi connectivity index (χ4n) is 2.16. The molecule has 0 radical (unpaired) electrons. The van der Waals surface area contributed by atoms with Gasteiger partial charge in [0.2, 0.25) is 0 Å². The number of aromatic nitrogens is 2. The van der Waals surface area contributed by atoms with E-state index in [0.717, 1.165) is 27.4 Å². The number of halogens is 2. The van der Waals surface area contributed by atoms with Gasteiger partial charge in [-0.3, -0.25) is 0 Å². The lowest BCUT2D eigenvalue weighted by atomic mass is 10.2. The lowest BCUT2D eigenvalue weighted by Gasteiger charge is -2.08. The monoisotopic (exact) mass is 346 g/mol. The van der Waals surface area contributed by atoms with Crippen LogP contribution in [0.1, 0.15) is 5.56 Å². The van der Waals surface area contributed by atoms with E-state index in [-0.39, 0.29) is 0 Å². The molecule has 100 valence electrons. The molecule has 3 rings (SSSR count). The Kier molecular flexibility index (Phi) is 3.90. The molecule has 20 heavy (non-hydrogen) atoms. The van der Waals surface area contributed by atoms with Crippen LogP contribution in [0.25, 0.3) is 11.4 Å². The molecule has 0 saturated heterocycles. The zero-order valence-electron chi connectivity index (χ0n) is 10.6. The highest BCUT2D eigenvalue weighted by atomic mass is 79.9. The SMILES string of the molecule is Clc1cccc(-c2nccn2Cc2cccc(Br)c2)c1. The van der Waals surface area contributed by atoms with Crippen molar-refractivity contribution >= 4 is 27.5 Å². The molecule has 1 aromatic heterocycles. The Hall–Kier alpha value is -1.58. The molecule has 0 saturated carbocycles. The second-order valence-corrected chi connectivity index (χ2v) is 5.87. The molecule has 2 nitrogen and oxygen atoms in total. The van der Waals surface area contributed by atoms with Crippen LogP contribution in [0.15, 0.2) is 65.4 Å². The van der Waals surface area contributed by atoms with Crippen LogP contribution in [0.2, 0.25) is 5.02 Å². The highest BCUT2D eigenvalue weighted by molar-refractivity contribution is 9.10. The first-order valence-corrected chi connectivity index (χ1v) is 7.41. The van der Waals surface area contributed by atoms with E-state index in [1.54, 1.807) is 0 Å².